The number of hydrogen-bond donors (Lipinski definition) is 2. The highest BCUT2D eigenvalue weighted by atomic mass is 35.5. The van der Waals surface area contributed by atoms with E-state index < -0.39 is 4.92 Å². The number of nitrogen functional groups attached to an aromatic ring is 1. The number of hydrogen-bond acceptors (Lipinski definition) is 5. The summed E-state index contributed by atoms with van der Waals surface area (Å²) in [5, 5.41) is 14.0. The molecule has 0 unspecified atom stereocenters. The number of amides is 1. The van der Waals surface area contributed by atoms with Gasteiger partial charge in [-0.05, 0) is 26.0 Å². The van der Waals surface area contributed by atoms with Gasteiger partial charge in [-0.15, -0.1) is 12.4 Å². The average molecular weight is 315 g/mol. The van der Waals surface area contributed by atoms with Crippen LogP contribution in [0.25, 0.3) is 0 Å². The maximum absolute atomic E-state index is 12.4. The Kier molecular flexibility index (Phi) is 5.92. The molecule has 3 N–H and O–H groups in total. The molecule has 0 radical (unpaired) electrons. The molecule has 0 atom stereocenters. The van der Waals surface area contributed by atoms with Crippen molar-refractivity contribution in [3.05, 3.63) is 33.9 Å². The lowest BCUT2D eigenvalue weighted by atomic mass is 10.0. The molecule has 1 aromatic carbocycles. The number of para-hydroxylation sites is 1. The fourth-order valence-corrected chi connectivity index (χ4v) is 2.44. The van der Waals surface area contributed by atoms with E-state index in [2.05, 4.69) is 5.32 Å². The lowest BCUT2D eigenvalue weighted by Gasteiger charge is -2.32. The Morgan fingerprint density at radius 1 is 1.43 bits per heavy atom. The number of halogens is 1. The number of nitro groups is 1. The highest BCUT2D eigenvalue weighted by Crippen LogP contribution is 2.26. The van der Waals surface area contributed by atoms with Crippen molar-refractivity contribution in [3.63, 3.8) is 0 Å². The average Bonchev–Trinajstić information content (AvgIpc) is 2.46. The molecule has 1 amide bonds. The molecule has 8 heteroatoms. The molecule has 0 aliphatic carbocycles. The van der Waals surface area contributed by atoms with Crippen LogP contribution in [0.1, 0.15) is 23.2 Å². The van der Waals surface area contributed by atoms with Crippen LogP contribution in [-0.2, 0) is 0 Å². The van der Waals surface area contributed by atoms with Crippen LogP contribution in [0.3, 0.4) is 0 Å². The number of nitrogens with two attached hydrogens (primary N) is 1. The highest BCUT2D eigenvalue weighted by molar-refractivity contribution is 6.01. The number of likely N-dealkylation sites (tertiary alicyclic amines) is 1. The second-order valence-corrected chi connectivity index (χ2v) is 4.85. The first-order valence-corrected chi connectivity index (χ1v) is 6.54. The minimum atomic E-state index is -0.570. The number of benzene rings is 1. The van der Waals surface area contributed by atoms with Gasteiger partial charge in [0.05, 0.1) is 10.5 Å². The summed E-state index contributed by atoms with van der Waals surface area (Å²) in [6.45, 7) is 1.26. The summed E-state index contributed by atoms with van der Waals surface area (Å²) in [5.74, 6) is -0.235. The molecule has 1 heterocycles. The number of nitrogens with zero attached hydrogens (tertiary/aromatic N) is 2. The third-order valence-corrected chi connectivity index (χ3v) is 3.70. The van der Waals surface area contributed by atoms with Gasteiger partial charge in [0.25, 0.3) is 11.6 Å². The predicted molar refractivity (Wildman–Crippen MR) is 82.7 cm³/mol. The number of carbonyl (C=O) groups excluding carboxylic acids is 1. The predicted octanol–water partition coefficient (Wildman–Crippen LogP) is 1.42. The molecule has 1 fully saturated rings. The van der Waals surface area contributed by atoms with Crippen molar-refractivity contribution in [2.45, 2.75) is 18.9 Å². The molecule has 1 aliphatic heterocycles. The zero-order chi connectivity index (χ0) is 14.7. The number of carbonyl (C=O) groups is 1. The van der Waals surface area contributed by atoms with E-state index in [1.807, 2.05) is 7.05 Å². The first kappa shape index (κ1) is 17.2. The highest BCUT2D eigenvalue weighted by Gasteiger charge is 2.26. The number of anilines is 1. The molecular formula is C13H19ClN4O3. The van der Waals surface area contributed by atoms with Gasteiger partial charge in [0.15, 0.2) is 0 Å². The fraction of sp³-hybridized carbons (Fsp3) is 0.462. The van der Waals surface area contributed by atoms with Gasteiger partial charge >= 0.3 is 0 Å². The van der Waals surface area contributed by atoms with Crippen LogP contribution in [-0.4, -0.2) is 41.9 Å². The van der Waals surface area contributed by atoms with Gasteiger partial charge in [-0.25, -0.2) is 0 Å². The van der Waals surface area contributed by atoms with Crippen molar-refractivity contribution >= 4 is 29.7 Å². The molecule has 21 heavy (non-hydrogen) atoms. The topological polar surface area (TPSA) is 102 Å². The molecule has 0 bridgehead atoms. The van der Waals surface area contributed by atoms with Crippen molar-refractivity contribution in [1.29, 1.82) is 0 Å². The van der Waals surface area contributed by atoms with Crippen molar-refractivity contribution < 1.29 is 9.72 Å². The van der Waals surface area contributed by atoms with Crippen LogP contribution in [0.5, 0.6) is 0 Å². The Labute approximate surface area is 129 Å². The third kappa shape index (κ3) is 3.62. The maximum Gasteiger partial charge on any atom is 0.292 e. The van der Waals surface area contributed by atoms with Crippen molar-refractivity contribution in [2.75, 3.05) is 25.9 Å². The van der Waals surface area contributed by atoms with Crippen LogP contribution >= 0.6 is 12.4 Å². The second kappa shape index (κ2) is 7.24. The summed E-state index contributed by atoms with van der Waals surface area (Å²) in [6, 6.07) is 4.75. The fourth-order valence-electron chi connectivity index (χ4n) is 2.44. The first-order valence-electron chi connectivity index (χ1n) is 6.54. The third-order valence-electron chi connectivity index (χ3n) is 3.70. The lowest BCUT2D eigenvalue weighted by molar-refractivity contribution is -0.383. The summed E-state index contributed by atoms with van der Waals surface area (Å²) < 4.78 is 0. The second-order valence-electron chi connectivity index (χ2n) is 4.85. The quantitative estimate of drug-likeness (QED) is 0.499. The van der Waals surface area contributed by atoms with Crippen molar-refractivity contribution in [1.82, 2.24) is 10.2 Å². The number of nitrogens with one attached hydrogen (secondary N) is 1. The normalized spacial score (nSPS) is 15.4. The van der Waals surface area contributed by atoms with E-state index >= 15 is 0 Å². The molecule has 0 spiro atoms. The van der Waals surface area contributed by atoms with Gasteiger partial charge in [-0.1, -0.05) is 6.07 Å². The number of nitro benzene ring substituents is 1. The van der Waals surface area contributed by atoms with Gasteiger partial charge in [0.1, 0.15) is 5.69 Å². The minimum Gasteiger partial charge on any atom is -0.393 e. The largest absolute Gasteiger partial charge is 0.393 e. The van der Waals surface area contributed by atoms with Gasteiger partial charge < -0.3 is 16.0 Å². The summed E-state index contributed by atoms with van der Waals surface area (Å²) in [4.78, 5) is 24.4. The van der Waals surface area contributed by atoms with Crippen LogP contribution in [0.15, 0.2) is 18.2 Å². The Morgan fingerprint density at radius 2 is 2.05 bits per heavy atom. The summed E-state index contributed by atoms with van der Waals surface area (Å²) in [5.41, 5.74) is 5.68. The first-order chi connectivity index (χ1) is 9.54. The van der Waals surface area contributed by atoms with Gasteiger partial charge in [0.2, 0.25) is 0 Å². The van der Waals surface area contributed by atoms with E-state index in [0.717, 1.165) is 12.8 Å². The van der Waals surface area contributed by atoms with E-state index in [0.29, 0.717) is 19.1 Å². The number of rotatable bonds is 3. The zero-order valence-corrected chi connectivity index (χ0v) is 12.6. The van der Waals surface area contributed by atoms with E-state index in [1.54, 1.807) is 4.90 Å². The standard InChI is InChI=1S/C13H18N4O3.ClH/c1-15-9-5-7-16(8-6-9)13(18)10-3-2-4-11(12(10)14)17(19)20;/h2-4,9,15H,5-8,14H2,1H3;1H. The Morgan fingerprint density at radius 3 is 2.57 bits per heavy atom. The smallest absolute Gasteiger partial charge is 0.292 e. The van der Waals surface area contributed by atoms with E-state index in [4.69, 9.17) is 5.73 Å². The molecule has 116 valence electrons. The van der Waals surface area contributed by atoms with Crippen LogP contribution in [0.4, 0.5) is 11.4 Å². The monoisotopic (exact) mass is 314 g/mol. The number of piperidine rings is 1. The van der Waals surface area contributed by atoms with Crippen molar-refractivity contribution in [2.24, 2.45) is 0 Å². The molecule has 0 saturated carbocycles. The molecule has 1 saturated heterocycles. The minimum absolute atomic E-state index is 0. The van der Waals surface area contributed by atoms with E-state index in [9.17, 15) is 14.9 Å². The van der Waals surface area contributed by atoms with Gasteiger partial charge in [0, 0.05) is 25.2 Å². The molecule has 1 aromatic rings. The van der Waals surface area contributed by atoms with Gasteiger partial charge in [-0.3, -0.25) is 14.9 Å². The molecule has 0 aromatic heterocycles. The Hall–Kier alpha value is -1.86. The Bertz CT molecular complexity index is 530. The van der Waals surface area contributed by atoms with E-state index in [1.165, 1.54) is 18.2 Å². The molecular weight excluding hydrogens is 296 g/mol. The van der Waals surface area contributed by atoms with E-state index in [-0.39, 0.29) is 35.3 Å². The SMILES string of the molecule is CNC1CCN(C(=O)c2cccc([N+](=O)[O-])c2N)CC1.Cl. The summed E-state index contributed by atoms with van der Waals surface area (Å²) in [6.07, 6.45) is 1.74. The molecule has 7 nitrogen and oxygen atoms in total. The summed E-state index contributed by atoms with van der Waals surface area (Å²) >= 11 is 0. The maximum atomic E-state index is 12.4. The van der Waals surface area contributed by atoms with Gasteiger partial charge in [-0.2, -0.15) is 0 Å². The summed E-state index contributed by atoms with van der Waals surface area (Å²) in [7, 11) is 1.90. The van der Waals surface area contributed by atoms with Crippen LogP contribution < -0.4 is 11.1 Å². The molecule has 2 rings (SSSR count). The van der Waals surface area contributed by atoms with Crippen molar-refractivity contribution in [3.8, 4) is 0 Å². The van der Waals surface area contributed by atoms with Crippen LogP contribution in [0.2, 0.25) is 0 Å². The van der Waals surface area contributed by atoms with Crippen LogP contribution in [0, 0.1) is 10.1 Å². The zero-order valence-electron chi connectivity index (χ0n) is 11.7. The Balaban J connectivity index is 0.00000220. The molecule has 1 aliphatic rings. The lowest BCUT2D eigenvalue weighted by Crippen LogP contribution is -2.44.